The van der Waals surface area contributed by atoms with E-state index in [4.69, 9.17) is 15.5 Å². The average Bonchev–Trinajstić information content (AvgIpc) is 1.69. The van der Waals surface area contributed by atoms with Crippen LogP contribution in [0.3, 0.4) is 0 Å². The third-order valence-corrected chi connectivity index (χ3v) is 0.637. The lowest BCUT2D eigenvalue weighted by molar-refractivity contribution is -0.140. The molecule has 1 atom stereocenters. The van der Waals surface area contributed by atoms with Gasteiger partial charge in [0.1, 0.15) is 0 Å². The number of nitrogens with zero attached hydrogens (tertiary/aromatic N) is 1. The lowest BCUT2D eigenvalue weighted by atomic mass is 10.2. The molecule has 0 aliphatic carbocycles. The smallest absolute Gasteiger partial charge is 0.323 e. The molecule has 5 N–H and O–H groups in total. The van der Waals surface area contributed by atoms with Crippen molar-refractivity contribution >= 4 is 5.97 Å². The highest BCUT2D eigenvalue weighted by Crippen LogP contribution is 1.89. The Labute approximate surface area is 52.1 Å². The van der Waals surface area contributed by atoms with Gasteiger partial charge in [-0.2, -0.15) is 5.26 Å². The van der Waals surface area contributed by atoms with Gasteiger partial charge in [0.05, 0.1) is 12.7 Å². The fraction of sp³-hybridized carbons (Fsp3) is 0.500. The number of nitriles is 1. The van der Waals surface area contributed by atoms with E-state index >= 15 is 0 Å². The van der Waals surface area contributed by atoms with E-state index in [1.807, 2.05) is 0 Å². The molecular formula is C4H8N2O3. The number of aliphatic carboxylic acids is 1. The second-order valence-corrected chi connectivity index (χ2v) is 1.20. The predicted molar refractivity (Wildman–Crippen MR) is 28.8 cm³/mol. The Morgan fingerprint density at radius 2 is 2.22 bits per heavy atom. The largest absolute Gasteiger partial charge is 0.480 e. The molecule has 0 aromatic carbocycles. The fourth-order valence-electron chi connectivity index (χ4n) is 0.174. The summed E-state index contributed by atoms with van der Waals surface area (Å²) >= 11 is 0. The Balaban J connectivity index is 0. The number of hydrogen-bond donors (Lipinski definition) is 3. The molecule has 0 saturated carbocycles. The summed E-state index contributed by atoms with van der Waals surface area (Å²) in [6.45, 7) is -0.619. The van der Waals surface area contributed by atoms with Crippen molar-refractivity contribution in [2.24, 2.45) is 5.92 Å². The molecule has 0 aliphatic heterocycles. The summed E-state index contributed by atoms with van der Waals surface area (Å²) in [5, 5.41) is 24.0. The Morgan fingerprint density at radius 1 is 1.78 bits per heavy atom. The summed E-state index contributed by atoms with van der Waals surface area (Å²) < 4.78 is 0. The first-order chi connectivity index (χ1) is 3.72. The first kappa shape index (κ1) is 10.8. The minimum Gasteiger partial charge on any atom is -0.480 e. The zero-order valence-electron chi connectivity index (χ0n) is 4.74. The molecule has 0 spiro atoms. The van der Waals surface area contributed by atoms with E-state index in [2.05, 4.69) is 0 Å². The van der Waals surface area contributed by atoms with E-state index in [0.29, 0.717) is 0 Å². The topological polar surface area (TPSA) is 116 Å². The molecule has 0 fully saturated rings. The molecule has 0 saturated heterocycles. The van der Waals surface area contributed by atoms with E-state index in [1.54, 1.807) is 0 Å². The Hall–Kier alpha value is -1.12. The molecule has 0 aromatic heterocycles. The Bertz CT molecular complexity index is 128. The van der Waals surface area contributed by atoms with Crippen molar-refractivity contribution < 1.29 is 15.0 Å². The summed E-state index contributed by atoms with van der Waals surface area (Å²) in [5.74, 6) is -2.55. The lowest BCUT2D eigenvalue weighted by Crippen LogP contribution is -2.14. The quantitative estimate of drug-likeness (QED) is 0.462. The normalized spacial score (nSPS) is 10.7. The molecule has 0 aromatic rings. The predicted octanol–water partition coefficient (Wildman–Crippen LogP) is -0.635. The van der Waals surface area contributed by atoms with Crippen molar-refractivity contribution in [2.45, 2.75) is 0 Å². The van der Waals surface area contributed by atoms with E-state index in [0.717, 1.165) is 0 Å². The molecule has 0 radical (unpaired) electrons. The summed E-state index contributed by atoms with van der Waals surface area (Å²) in [6, 6.07) is 1.40. The highest BCUT2D eigenvalue weighted by atomic mass is 16.4. The summed E-state index contributed by atoms with van der Waals surface area (Å²) in [6.07, 6.45) is 0. The van der Waals surface area contributed by atoms with Gasteiger partial charge in [0.25, 0.3) is 0 Å². The van der Waals surface area contributed by atoms with Gasteiger partial charge in [-0.3, -0.25) is 4.79 Å². The fourth-order valence-corrected chi connectivity index (χ4v) is 0.174. The summed E-state index contributed by atoms with van der Waals surface area (Å²) in [7, 11) is 0. The van der Waals surface area contributed by atoms with Gasteiger partial charge in [0, 0.05) is 0 Å². The minimum absolute atomic E-state index is 0. The third-order valence-electron chi connectivity index (χ3n) is 0.637. The number of carbonyl (C=O) groups is 1. The number of aliphatic hydroxyl groups is 1. The first-order valence-corrected chi connectivity index (χ1v) is 1.95. The van der Waals surface area contributed by atoms with Crippen LogP contribution in [-0.2, 0) is 4.79 Å². The van der Waals surface area contributed by atoms with Crippen molar-refractivity contribution in [3.05, 3.63) is 0 Å². The van der Waals surface area contributed by atoms with Crippen molar-refractivity contribution in [2.75, 3.05) is 6.61 Å². The highest BCUT2D eigenvalue weighted by molar-refractivity contribution is 5.72. The number of rotatable bonds is 2. The number of aliphatic hydroxyl groups excluding tert-OH is 1. The van der Waals surface area contributed by atoms with Gasteiger partial charge in [-0.15, -0.1) is 0 Å². The zero-order valence-corrected chi connectivity index (χ0v) is 4.74. The Morgan fingerprint density at radius 3 is 2.22 bits per heavy atom. The Kier molecular flexibility index (Phi) is 6.02. The third kappa shape index (κ3) is 3.46. The van der Waals surface area contributed by atoms with E-state index in [-0.39, 0.29) is 6.15 Å². The molecule has 5 heteroatoms. The summed E-state index contributed by atoms with van der Waals surface area (Å²) in [4.78, 5) is 9.78. The molecule has 0 amide bonds. The molecule has 0 bridgehead atoms. The van der Waals surface area contributed by atoms with Crippen LogP contribution in [0.25, 0.3) is 0 Å². The van der Waals surface area contributed by atoms with Crippen LogP contribution < -0.4 is 6.15 Å². The molecule has 1 unspecified atom stereocenters. The second kappa shape index (κ2) is 5.03. The van der Waals surface area contributed by atoms with Crippen molar-refractivity contribution in [3.63, 3.8) is 0 Å². The van der Waals surface area contributed by atoms with Crippen LogP contribution >= 0.6 is 0 Å². The lowest BCUT2D eigenvalue weighted by Gasteiger charge is -1.92. The van der Waals surface area contributed by atoms with Crippen LogP contribution in [0.15, 0.2) is 0 Å². The number of carboxylic acid groups (broad SMARTS) is 1. The van der Waals surface area contributed by atoms with Crippen LogP contribution in [-0.4, -0.2) is 22.8 Å². The second-order valence-electron chi connectivity index (χ2n) is 1.20. The van der Waals surface area contributed by atoms with Crippen LogP contribution in [0.1, 0.15) is 0 Å². The van der Waals surface area contributed by atoms with Crippen molar-refractivity contribution in [1.29, 1.82) is 5.26 Å². The average molecular weight is 132 g/mol. The van der Waals surface area contributed by atoms with Gasteiger partial charge >= 0.3 is 5.97 Å². The molecule has 52 valence electrons. The molecule has 0 aliphatic rings. The molecule has 0 rings (SSSR count). The number of carboxylic acids is 1. The van der Waals surface area contributed by atoms with Gasteiger partial charge in [0.2, 0.25) is 0 Å². The van der Waals surface area contributed by atoms with Gasteiger partial charge in [-0.05, 0) is 0 Å². The maximum Gasteiger partial charge on any atom is 0.323 e. The monoisotopic (exact) mass is 132 g/mol. The van der Waals surface area contributed by atoms with Gasteiger partial charge in [-0.25, -0.2) is 0 Å². The first-order valence-electron chi connectivity index (χ1n) is 1.95. The van der Waals surface area contributed by atoms with Crippen LogP contribution in [0, 0.1) is 17.2 Å². The summed E-state index contributed by atoms with van der Waals surface area (Å²) in [5.41, 5.74) is 0. The van der Waals surface area contributed by atoms with Crippen LogP contribution in [0.4, 0.5) is 0 Å². The molecule has 0 heterocycles. The maximum atomic E-state index is 9.78. The highest BCUT2D eigenvalue weighted by Gasteiger charge is 2.13. The molecule has 5 nitrogen and oxygen atoms in total. The van der Waals surface area contributed by atoms with Crippen molar-refractivity contribution in [1.82, 2.24) is 6.15 Å². The zero-order chi connectivity index (χ0) is 6.57. The van der Waals surface area contributed by atoms with Crippen molar-refractivity contribution in [3.8, 4) is 6.07 Å². The van der Waals surface area contributed by atoms with E-state index in [1.165, 1.54) is 6.07 Å². The van der Waals surface area contributed by atoms with E-state index < -0.39 is 18.5 Å². The molecule has 9 heavy (non-hydrogen) atoms. The van der Waals surface area contributed by atoms with Crippen LogP contribution in [0.5, 0.6) is 0 Å². The van der Waals surface area contributed by atoms with Gasteiger partial charge < -0.3 is 16.4 Å². The van der Waals surface area contributed by atoms with Gasteiger partial charge in [0.15, 0.2) is 5.92 Å². The maximum absolute atomic E-state index is 9.78. The standard InChI is InChI=1S/C4H5NO3.H3N/c5-1-3(2-6)4(7)8;/h3,6H,2H2,(H,7,8);1H3. The van der Waals surface area contributed by atoms with Gasteiger partial charge in [-0.1, -0.05) is 0 Å². The SMILES string of the molecule is N.N#CC(CO)C(=O)O. The minimum atomic E-state index is -1.28. The molecular weight excluding hydrogens is 124 g/mol. The number of hydrogen-bond acceptors (Lipinski definition) is 4. The van der Waals surface area contributed by atoms with Crippen LogP contribution in [0.2, 0.25) is 0 Å². The van der Waals surface area contributed by atoms with E-state index in [9.17, 15) is 4.79 Å².